The topological polar surface area (TPSA) is 21.3 Å². The van der Waals surface area contributed by atoms with Crippen LogP contribution in [-0.4, -0.2) is 19.8 Å². The molecule has 2 heteroatoms. The van der Waals surface area contributed by atoms with E-state index in [1.807, 2.05) is 0 Å². The van der Waals surface area contributed by atoms with E-state index in [0.717, 1.165) is 26.2 Å². The summed E-state index contributed by atoms with van der Waals surface area (Å²) in [5.41, 5.74) is 2.75. The summed E-state index contributed by atoms with van der Waals surface area (Å²) in [6, 6.07) is 9.43. The Morgan fingerprint density at radius 3 is 2.67 bits per heavy atom. The summed E-state index contributed by atoms with van der Waals surface area (Å²) in [6.45, 7) is 9.46. The third-order valence-electron chi connectivity index (χ3n) is 4.00. The first-order chi connectivity index (χ1) is 8.72. The minimum Gasteiger partial charge on any atom is -0.381 e. The van der Waals surface area contributed by atoms with Gasteiger partial charge in [0.25, 0.3) is 0 Å². The van der Waals surface area contributed by atoms with E-state index in [1.54, 1.807) is 0 Å². The van der Waals surface area contributed by atoms with Crippen LogP contribution in [0.2, 0.25) is 0 Å². The molecule has 0 radical (unpaired) electrons. The summed E-state index contributed by atoms with van der Waals surface area (Å²) in [7, 11) is 0. The van der Waals surface area contributed by atoms with Crippen molar-refractivity contribution in [3.63, 3.8) is 0 Å². The number of aryl methyl sites for hydroxylation is 1. The molecule has 3 unspecified atom stereocenters. The average molecular weight is 247 g/mol. The second-order valence-corrected chi connectivity index (χ2v) is 5.45. The maximum atomic E-state index is 5.57. The van der Waals surface area contributed by atoms with Gasteiger partial charge in [-0.05, 0) is 37.3 Å². The molecule has 1 fully saturated rings. The zero-order valence-corrected chi connectivity index (χ0v) is 11.8. The molecule has 1 aliphatic rings. The minimum atomic E-state index is 0.467. The second kappa shape index (κ2) is 6.35. The molecule has 1 aliphatic heterocycles. The van der Waals surface area contributed by atoms with Crippen molar-refractivity contribution in [2.75, 3.05) is 19.8 Å². The lowest BCUT2D eigenvalue weighted by atomic mass is 9.80. The number of hydrogen-bond acceptors (Lipinski definition) is 2. The Morgan fingerprint density at radius 2 is 2.06 bits per heavy atom. The molecule has 2 rings (SSSR count). The zero-order chi connectivity index (χ0) is 13.0. The van der Waals surface area contributed by atoms with Crippen LogP contribution in [0.5, 0.6) is 0 Å². The summed E-state index contributed by atoms with van der Waals surface area (Å²) < 4.78 is 5.57. The standard InChI is InChI=1S/C16H25NO/c1-4-17-16(14-7-5-12(2)6-8-14)15-9-10-18-11-13(15)3/h5-8,13,15-17H,4,9-11H2,1-3H3. The van der Waals surface area contributed by atoms with Crippen molar-refractivity contribution in [1.82, 2.24) is 5.32 Å². The van der Waals surface area contributed by atoms with Gasteiger partial charge in [0.1, 0.15) is 0 Å². The summed E-state index contributed by atoms with van der Waals surface area (Å²) in [6.07, 6.45) is 1.16. The van der Waals surface area contributed by atoms with Gasteiger partial charge in [0.15, 0.2) is 0 Å². The van der Waals surface area contributed by atoms with Crippen molar-refractivity contribution >= 4 is 0 Å². The van der Waals surface area contributed by atoms with Gasteiger partial charge in [-0.3, -0.25) is 0 Å². The molecule has 0 spiro atoms. The summed E-state index contributed by atoms with van der Waals surface area (Å²) >= 11 is 0. The van der Waals surface area contributed by atoms with E-state index in [4.69, 9.17) is 4.74 Å². The van der Waals surface area contributed by atoms with Crippen LogP contribution in [0.4, 0.5) is 0 Å². The zero-order valence-electron chi connectivity index (χ0n) is 11.8. The molecule has 2 nitrogen and oxygen atoms in total. The molecule has 1 aromatic carbocycles. The largest absolute Gasteiger partial charge is 0.381 e. The van der Waals surface area contributed by atoms with Crippen molar-refractivity contribution in [1.29, 1.82) is 0 Å². The third-order valence-corrected chi connectivity index (χ3v) is 4.00. The molecule has 1 N–H and O–H groups in total. The average Bonchev–Trinajstić information content (AvgIpc) is 2.38. The Bertz CT molecular complexity index is 360. The molecular formula is C16H25NO. The number of ether oxygens (including phenoxy) is 1. The number of nitrogens with one attached hydrogen (secondary N) is 1. The third kappa shape index (κ3) is 3.12. The van der Waals surface area contributed by atoms with E-state index in [9.17, 15) is 0 Å². The predicted octanol–water partition coefficient (Wildman–Crippen LogP) is 3.32. The van der Waals surface area contributed by atoms with Crippen LogP contribution in [0.1, 0.15) is 37.4 Å². The van der Waals surface area contributed by atoms with Gasteiger partial charge < -0.3 is 10.1 Å². The Balaban J connectivity index is 2.18. The Hall–Kier alpha value is -0.860. The Morgan fingerprint density at radius 1 is 1.33 bits per heavy atom. The SMILES string of the molecule is CCNC(c1ccc(C)cc1)C1CCOCC1C. The fourth-order valence-corrected chi connectivity index (χ4v) is 2.90. The maximum absolute atomic E-state index is 5.57. The van der Waals surface area contributed by atoms with Gasteiger partial charge in [-0.25, -0.2) is 0 Å². The maximum Gasteiger partial charge on any atom is 0.0494 e. The fourth-order valence-electron chi connectivity index (χ4n) is 2.90. The highest BCUT2D eigenvalue weighted by Crippen LogP contribution is 2.33. The summed E-state index contributed by atoms with van der Waals surface area (Å²) in [5.74, 6) is 1.31. The molecule has 0 aromatic heterocycles. The van der Waals surface area contributed by atoms with Crippen molar-refractivity contribution in [2.24, 2.45) is 11.8 Å². The molecule has 1 heterocycles. The first kappa shape index (κ1) is 13.6. The van der Waals surface area contributed by atoms with Crippen LogP contribution in [0.15, 0.2) is 24.3 Å². The van der Waals surface area contributed by atoms with Gasteiger partial charge in [0.2, 0.25) is 0 Å². The molecule has 0 amide bonds. The molecule has 100 valence electrons. The fraction of sp³-hybridized carbons (Fsp3) is 0.625. The molecule has 3 atom stereocenters. The van der Waals surface area contributed by atoms with Gasteiger partial charge in [-0.1, -0.05) is 43.7 Å². The Kier molecular flexibility index (Phi) is 4.79. The molecule has 1 aromatic rings. The van der Waals surface area contributed by atoms with Gasteiger partial charge in [0, 0.05) is 19.3 Å². The molecule has 1 saturated heterocycles. The number of benzene rings is 1. The monoisotopic (exact) mass is 247 g/mol. The van der Waals surface area contributed by atoms with Crippen LogP contribution in [0.3, 0.4) is 0 Å². The van der Waals surface area contributed by atoms with Crippen LogP contribution in [0, 0.1) is 18.8 Å². The highest BCUT2D eigenvalue weighted by Gasteiger charge is 2.30. The highest BCUT2D eigenvalue weighted by atomic mass is 16.5. The minimum absolute atomic E-state index is 0.467. The van der Waals surface area contributed by atoms with Gasteiger partial charge in [0.05, 0.1) is 0 Å². The molecule has 0 bridgehead atoms. The summed E-state index contributed by atoms with van der Waals surface area (Å²) in [5, 5.41) is 3.66. The van der Waals surface area contributed by atoms with E-state index in [1.165, 1.54) is 11.1 Å². The smallest absolute Gasteiger partial charge is 0.0494 e. The Labute approximate surface area is 111 Å². The molecule has 0 aliphatic carbocycles. The second-order valence-electron chi connectivity index (χ2n) is 5.45. The summed E-state index contributed by atoms with van der Waals surface area (Å²) in [4.78, 5) is 0. The lowest BCUT2D eigenvalue weighted by Crippen LogP contribution is -2.37. The van der Waals surface area contributed by atoms with E-state index < -0.39 is 0 Å². The van der Waals surface area contributed by atoms with Crippen LogP contribution in [-0.2, 0) is 4.74 Å². The first-order valence-electron chi connectivity index (χ1n) is 7.10. The van der Waals surface area contributed by atoms with Crippen molar-refractivity contribution in [2.45, 2.75) is 33.2 Å². The van der Waals surface area contributed by atoms with Gasteiger partial charge in [-0.2, -0.15) is 0 Å². The lowest BCUT2D eigenvalue weighted by Gasteiger charge is -2.36. The quantitative estimate of drug-likeness (QED) is 0.881. The van der Waals surface area contributed by atoms with Crippen LogP contribution < -0.4 is 5.32 Å². The lowest BCUT2D eigenvalue weighted by molar-refractivity contribution is 0.0108. The number of hydrogen-bond donors (Lipinski definition) is 1. The van der Waals surface area contributed by atoms with Crippen LogP contribution >= 0.6 is 0 Å². The van der Waals surface area contributed by atoms with Crippen LogP contribution in [0.25, 0.3) is 0 Å². The molecule has 0 saturated carbocycles. The van der Waals surface area contributed by atoms with E-state index in [0.29, 0.717) is 17.9 Å². The van der Waals surface area contributed by atoms with E-state index in [-0.39, 0.29) is 0 Å². The van der Waals surface area contributed by atoms with Gasteiger partial charge >= 0.3 is 0 Å². The molecule has 18 heavy (non-hydrogen) atoms. The normalized spacial score (nSPS) is 25.9. The van der Waals surface area contributed by atoms with Crippen molar-refractivity contribution in [3.8, 4) is 0 Å². The van der Waals surface area contributed by atoms with E-state index in [2.05, 4.69) is 50.4 Å². The van der Waals surface area contributed by atoms with Crippen molar-refractivity contribution in [3.05, 3.63) is 35.4 Å². The van der Waals surface area contributed by atoms with Crippen molar-refractivity contribution < 1.29 is 4.74 Å². The van der Waals surface area contributed by atoms with Gasteiger partial charge in [-0.15, -0.1) is 0 Å². The molecular weight excluding hydrogens is 222 g/mol. The number of rotatable bonds is 4. The first-order valence-corrected chi connectivity index (χ1v) is 7.10. The predicted molar refractivity (Wildman–Crippen MR) is 75.7 cm³/mol. The highest BCUT2D eigenvalue weighted by molar-refractivity contribution is 5.25. The van der Waals surface area contributed by atoms with E-state index >= 15 is 0 Å².